The van der Waals surface area contributed by atoms with Gasteiger partial charge in [0.1, 0.15) is 6.33 Å². The summed E-state index contributed by atoms with van der Waals surface area (Å²) in [7, 11) is 1.93. The van der Waals surface area contributed by atoms with Crippen LogP contribution in [-0.2, 0) is 7.05 Å². The fourth-order valence-electron chi connectivity index (χ4n) is 1.23. The van der Waals surface area contributed by atoms with Gasteiger partial charge in [-0.1, -0.05) is 11.8 Å². The first-order valence-electron chi connectivity index (χ1n) is 4.66. The van der Waals surface area contributed by atoms with E-state index in [0.29, 0.717) is 6.54 Å². The third-order valence-electron chi connectivity index (χ3n) is 2.04. The second kappa shape index (κ2) is 5.31. The van der Waals surface area contributed by atoms with Crippen molar-refractivity contribution in [2.45, 2.75) is 10.4 Å². The summed E-state index contributed by atoms with van der Waals surface area (Å²) < 4.78 is 3.02. The molecule has 2 heterocycles. The van der Waals surface area contributed by atoms with Crippen LogP contribution in [0.1, 0.15) is 10.1 Å². The van der Waals surface area contributed by atoms with Gasteiger partial charge in [-0.2, -0.15) is 0 Å². The maximum atomic E-state index is 5.79. The number of aromatic nitrogens is 3. The van der Waals surface area contributed by atoms with Crippen molar-refractivity contribution < 1.29 is 0 Å². The minimum absolute atomic E-state index is 0.235. The maximum Gasteiger partial charge on any atom is 0.191 e. The summed E-state index contributed by atoms with van der Waals surface area (Å²) in [6.45, 7) is 0.588. The van der Waals surface area contributed by atoms with E-state index in [-0.39, 0.29) is 5.25 Å². The zero-order valence-corrected chi connectivity index (χ0v) is 11.8. The Morgan fingerprint density at radius 3 is 2.94 bits per heavy atom. The van der Waals surface area contributed by atoms with Crippen molar-refractivity contribution in [2.75, 3.05) is 6.54 Å². The first kappa shape index (κ1) is 12.1. The molecule has 2 N–H and O–H groups in total. The van der Waals surface area contributed by atoms with Crippen molar-refractivity contribution in [3.8, 4) is 0 Å². The van der Waals surface area contributed by atoms with Gasteiger partial charge < -0.3 is 10.3 Å². The summed E-state index contributed by atoms with van der Waals surface area (Å²) >= 11 is 6.81. The molecule has 0 aliphatic carbocycles. The van der Waals surface area contributed by atoms with Crippen LogP contribution in [-0.4, -0.2) is 21.3 Å². The molecule has 2 aromatic rings. The van der Waals surface area contributed by atoms with E-state index in [0.717, 1.165) is 8.94 Å². The monoisotopic (exact) mass is 318 g/mol. The number of thiophene rings is 1. The highest BCUT2D eigenvalue weighted by Crippen LogP contribution is 2.37. The van der Waals surface area contributed by atoms with Gasteiger partial charge in [0, 0.05) is 18.5 Å². The summed E-state index contributed by atoms with van der Waals surface area (Å²) in [6.07, 6.45) is 1.69. The number of aryl methyl sites for hydroxylation is 1. The van der Waals surface area contributed by atoms with E-state index >= 15 is 0 Å². The minimum Gasteiger partial charge on any atom is -0.329 e. The number of thioether (sulfide) groups is 1. The Kier molecular flexibility index (Phi) is 4.01. The molecule has 2 aromatic heterocycles. The van der Waals surface area contributed by atoms with Crippen LogP contribution in [0.3, 0.4) is 0 Å². The molecule has 4 nitrogen and oxygen atoms in total. The number of nitrogens with zero attached hydrogens (tertiary/aromatic N) is 3. The molecule has 0 amide bonds. The van der Waals surface area contributed by atoms with Gasteiger partial charge in [-0.25, -0.2) is 0 Å². The standard InChI is InChI=1S/C9H11BrN4S2/c1-14-5-12-13-9(14)16-7(4-11)6-2-3-8(10)15-6/h2-3,5,7H,4,11H2,1H3. The zero-order valence-electron chi connectivity index (χ0n) is 8.63. The lowest BCUT2D eigenvalue weighted by Crippen LogP contribution is -2.08. The number of hydrogen-bond acceptors (Lipinski definition) is 5. The first-order valence-corrected chi connectivity index (χ1v) is 7.15. The van der Waals surface area contributed by atoms with Gasteiger partial charge in [0.2, 0.25) is 0 Å². The highest BCUT2D eigenvalue weighted by molar-refractivity contribution is 9.11. The summed E-state index contributed by atoms with van der Waals surface area (Å²) in [5.41, 5.74) is 5.79. The van der Waals surface area contributed by atoms with Gasteiger partial charge in [-0.3, -0.25) is 0 Å². The Balaban J connectivity index is 2.15. The molecule has 16 heavy (non-hydrogen) atoms. The molecule has 2 rings (SSSR count). The Hall–Kier alpha value is -0.370. The summed E-state index contributed by atoms with van der Waals surface area (Å²) in [6, 6.07) is 4.13. The average molecular weight is 319 g/mol. The summed E-state index contributed by atoms with van der Waals surface area (Å²) in [4.78, 5) is 1.25. The maximum absolute atomic E-state index is 5.79. The quantitative estimate of drug-likeness (QED) is 0.880. The van der Waals surface area contributed by atoms with Crippen molar-refractivity contribution in [3.63, 3.8) is 0 Å². The van der Waals surface area contributed by atoms with E-state index in [9.17, 15) is 0 Å². The normalized spacial score (nSPS) is 12.9. The van der Waals surface area contributed by atoms with Crippen molar-refractivity contribution in [2.24, 2.45) is 12.8 Å². The Morgan fingerprint density at radius 2 is 2.44 bits per heavy atom. The van der Waals surface area contributed by atoms with E-state index in [1.807, 2.05) is 17.7 Å². The molecule has 1 unspecified atom stereocenters. The van der Waals surface area contributed by atoms with Gasteiger partial charge in [-0.05, 0) is 28.1 Å². The highest BCUT2D eigenvalue weighted by Gasteiger charge is 2.16. The lowest BCUT2D eigenvalue weighted by molar-refractivity contribution is 0.782. The van der Waals surface area contributed by atoms with E-state index in [1.165, 1.54) is 4.88 Å². The molecule has 0 aromatic carbocycles. The Morgan fingerprint density at radius 1 is 1.62 bits per heavy atom. The molecule has 1 atom stereocenters. The van der Waals surface area contributed by atoms with Crippen LogP contribution >= 0.6 is 39.0 Å². The fraction of sp³-hybridized carbons (Fsp3) is 0.333. The van der Waals surface area contributed by atoms with Crippen LogP contribution < -0.4 is 5.73 Å². The molecule has 7 heteroatoms. The molecule has 0 aliphatic heterocycles. The molecule has 0 radical (unpaired) electrons. The van der Waals surface area contributed by atoms with Gasteiger partial charge in [0.25, 0.3) is 0 Å². The summed E-state index contributed by atoms with van der Waals surface area (Å²) in [5, 5.41) is 9.03. The topological polar surface area (TPSA) is 56.7 Å². The molecule has 0 saturated carbocycles. The van der Waals surface area contributed by atoms with E-state index < -0.39 is 0 Å². The first-order chi connectivity index (χ1) is 7.70. The van der Waals surface area contributed by atoms with Crippen LogP contribution in [0.4, 0.5) is 0 Å². The number of hydrogen-bond donors (Lipinski definition) is 1. The largest absolute Gasteiger partial charge is 0.329 e. The molecule has 0 saturated heterocycles. The predicted molar refractivity (Wildman–Crippen MR) is 70.7 cm³/mol. The molecule has 0 spiro atoms. The van der Waals surface area contributed by atoms with Crippen LogP contribution in [0.25, 0.3) is 0 Å². The molecule has 0 bridgehead atoms. The summed E-state index contributed by atoms with van der Waals surface area (Å²) in [5.74, 6) is 0. The van der Waals surface area contributed by atoms with E-state index in [1.54, 1.807) is 29.4 Å². The van der Waals surface area contributed by atoms with E-state index in [4.69, 9.17) is 5.73 Å². The molecular weight excluding hydrogens is 308 g/mol. The van der Waals surface area contributed by atoms with Crippen molar-refractivity contribution in [1.82, 2.24) is 14.8 Å². The second-order valence-corrected chi connectivity index (χ2v) is 6.87. The minimum atomic E-state index is 0.235. The van der Waals surface area contributed by atoms with Crippen LogP contribution in [0.2, 0.25) is 0 Å². The van der Waals surface area contributed by atoms with Crippen molar-refractivity contribution in [3.05, 3.63) is 27.1 Å². The number of rotatable bonds is 4. The van der Waals surface area contributed by atoms with Crippen LogP contribution in [0.5, 0.6) is 0 Å². The van der Waals surface area contributed by atoms with Gasteiger partial charge >= 0.3 is 0 Å². The van der Waals surface area contributed by atoms with Crippen molar-refractivity contribution in [1.29, 1.82) is 0 Å². The third kappa shape index (κ3) is 2.65. The van der Waals surface area contributed by atoms with Gasteiger partial charge in [-0.15, -0.1) is 21.5 Å². The predicted octanol–water partition coefficient (Wildman–Crippen LogP) is 2.43. The smallest absolute Gasteiger partial charge is 0.191 e. The number of nitrogens with two attached hydrogens (primary N) is 1. The molecule has 0 fully saturated rings. The Labute approximate surface area is 110 Å². The number of halogens is 1. The molecular formula is C9H11BrN4S2. The van der Waals surface area contributed by atoms with Gasteiger partial charge in [0.05, 0.1) is 9.04 Å². The average Bonchev–Trinajstić information content (AvgIpc) is 2.85. The fourth-order valence-corrected chi connectivity index (χ4v) is 3.79. The third-order valence-corrected chi connectivity index (χ3v) is 5.24. The Bertz CT molecular complexity index is 468. The lowest BCUT2D eigenvalue weighted by Gasteiger charge is -2.11. The van der Waals surface area contributed by atoms with Crippen LogP contribution in [0, 0.1) is 0 Å². The lowest BCUT2D eigenvalue weighted by atomic mass is 10.3. The molecule has 0 aliphatic rings. The van der Waals surface area contributed by atoms with Crippen molar-refractivity contribution >= 4 is 39.0 Å². The highest BCUT2D eigenvalue weighted by atomic mass is 79.9. The van der Waals surface area contributed by atoms with Crippen LogP contribution in [0.15, 0.2) is 27.4 Å². The zero-order chi connectivity index (χ0) is 11.5. The molecule has 86 valence electrons. The van der Waals surface area contributed by atoms with Gasteiger partial charge in [0.15, 0.2) is 5.16 Å². The van der Waals surface area contributed by atoms with E-state index in [2.05, 4.69) is 32.2 Å². The SMILES string of the molecule is Cn1cnnc1SC(CN)c1ccc(Br)s1. The second-order valence-electron chi connectivity index (χ2n) is 3.21.